The van der Waals surface area contributed by atoms with Gasteiger partial charge in [-0.15, -0.1) is 0 Å². The van der Waals surface area contributed by atoms with E-state index in [4.69, 9.17) is 4.74 Å². The predicted molar refractivity (Wildman–Crippen MR) is 56.1 cm³/mol. The number of amides is 1. The van der Waals surface area contributed by atoms with Crippen molar-refractivity contribution in [3.63, 3.8) is 0 Å². The molecule has 0 saturated heterocycles. The van der Waals surface area contributed by atoms with Crippen LogP contribution in [0.25, 0.3) is 0 Å². The number of hydrogen-bond donors (Lipinski definition) is 1. The van der Waals surface area contributed by atoms with E-state index in [9.17, 15) is 4.79 Å². The molecule has 0 aromatic carbocycles. The monoisotopic (exact) mass is 199 g/mol. The third-order valence-electron chi connectivity index (χ3n) is 3.07. The van der Waals surface area contributed by atoms with Gasteiger partial charge in [0.25, 0.3) is 0 Å². The molecule has 1 amide bonds. The van der Waals surface area contributed by atoms with E-state index >= 15 is 0 Å². The molecule has 0 spiro atoms. The summed E-state index contributed by atoms with van der Waals surface area (Å²) in [5, 5.41) is 2.51. The van der Waals surface area contributed by atoms with Crippen molar-refractivity contribution in [1.29, 1.82) is 0 Å². The number of carbonyl (C=O) groups excluding carboxylic acids is 1. The molecule has 0 radical (unpaired) electrons. The van der Waals surface area contributed by atoms with E-state index < -0.39 is 0 Å². The highest BCUT2D eigenvalue weighted by atomic mass is 16.6. The second kappa shape index (κ2) is 5.23. The average Bonchev–Trinajstić information content (AvgIpc) is 2.18. The van der Waals surface area contributed by atoms with Gasteiger partial charge in [-0.25, -0.2) is 4.79 Å². The Morgan fingerprint density at radius 3 is 2.57 bits per heavy atom. The third-order valence-corrected chi connectivity index (χ3v) is 3.07. The number of alkyl carbamates (subject to hydrolysis) is 1. The topological polar surface area (TPSA) is 38.3 Å². The summed E-state index contributed by atoms with van der Waals surface area (Å²) < 4.78 is 5.36. The second-order valence-corrected chi connectivity index (χ2v) is 4.39. The third kappa shape index (κ3) is 2.89. The van der Waals surface area contributed by atoms with Gasteiger partial charge in [0.05, 0.1) is 0 Å². The smallest absolute Gasteiger partial charge is 0.407 e. The molecule has 3 nitrogen and oxygen atoms in total. The van der Waals surface area contributed by atoms with Gasteiger partial charge in [0.2, 0.25) is 0 Å². The Labute approximate surface area is 86.2 Å². The fourth-order valence-corrected chi connectivity index (χ4v) is 2.23. The van der Waals surface area contributed by atoms with E-state index in [1.54, 1.807) is 7.05 Å². The maximum absolute atomic E-state index is 11.1. The Morgan fingerprint density at radius 2 is 2.00 bits per heavy atom. The minimum absolute atomic E-state index is 0.128. The fraction of sp³-hybridized carbons (Fsp3) is 0.909. The molecular weight excluding hydrogens is 178 g/mol. The van der Waals surface area contributed by atoms with Crippen LogP contribution in [-0.4, -0.2) is 19.2 Å². The number of nitrogens with one attached hydrogen (secondary N) is 1. The van der Waals surface area contributed by atoms with Crippen molar-refractivity contribution in [3.8, 4) is 0 Å². The van der Waals surface area contributed by atoms with Crippen LogP contribution in [0.2, 0.25) is 0 Å². The first-order chi connectivity index (χ1) is 6.65. The highest BCUT2D eigenvalue weighted by Gasteiger charge is 2.30. The lowest BCUT2D eigenvalue weighted by atomic mass is 9.79. The first-order valence-corrected chi connectivity index (χ1v) is 5.53. The first kappa shape index (κ1) is 11.3. The molecule has 1 N–H and O–H groups in total. The lowest BCUT2D eigenvalue weighted by Gasteiger charge is -2.33. The molecule has 1 aliphatic carbocycles. The quantitative estimate of drug-likeness (QED) is 0.742. The molecule has 0 aromatic rings. The van der Waals surface area contributed by atoms with E-state index in [0.717, 1.165) is 6.42 Å². The van der Waals surface area contributed by atoms with Crippen LogP contribution in [-0.2, 0) is 4.74 Å². The number of carbonyl (C=O) groups is 1. The molecule has 0 aromatic heterocycles. The Morgan fingerprint density at radius 1 is 1.36 bits per heavy atom. The molecule has 0 aliphatic heterocycles. The maximum atomic E-state index is 11.1. The molecular formula is C11H21NO2. The maximum Gasteiger partial charge on any atom is 0.407 e. The largest absolute Gasteiger partial charge is 0.446 e. The van der Waals surface area contributed by atoms with Crippen LogP contribution < -0.4 is 5.32 Å². The second-order valence-electron chi connectivity index (χ2n) is 4.39. The standard InChI is InChI=1S/C11H21NO2/c1-8(2)9-6-4-5-7-10(9)14-11(13)12-3/h8-10H,4-7H2,1-3H3,(H,12,13)/t9-,10+/m1/s1. The lowest BCUT2D eigenvalue weighted by Crippen LogP contribution is -2.35. The molecule has 0 heterocycles. The number of ether oxygens (including phenoxy) is 1. The zero-order valence-corrected chi connectivity index (χ0v) is 9.38. The van der Waals surface area contributed by atoms with Crippen LogP contribution >= 0.6 is 0 Å². The van der Waals surface area contributed by atoms with Crippen LogP contribution in [0, 0.1) is 11.8 Å². The normalized spacial score (nSPS) is 27.4. The molecule has 2 atom stereocenters. The van der Waals surface area contributed by atoms with E-state index in [0.29, 0.717) is 11.8 Å². The minimum Gasteiger partial charge on any atom is -0.446 e. The summed E-state index contributed by atoms with van der Waals surface area (Å²) >= 11 is 0. The zero-order valence-electron chi connectivity index (χ0n) is 9.38. The van der Waals surface area contributed by atoms with Crippen LogP contribution in [0.5, 0.6) is 0 Å². The van der Waals surface area contributed by atoms with Crippen molar-refractivity contribution in [2.45, 2.75) is 45.6 Å². The molecule has 1 saturated carbocycles. The highest BCUT2D eigenvalue weighted by molar-refractivity contribution is 5.66. The Kier molecular flexibility index (Phi) is 4.23. The summed E-state index contributed by atoms with van der Waals surface area (Å²) in [5.74, 6) is 1.14. The molecule has 0 bridgehead atoms. The van der Waals surface area contributed by atoms with Gasteiger partial charge in [-0.1, -0.05) is 20.3 Å². The van der Waals surface area contributed by atoms with Crippen LogP contribution in [0.1, 0.15) is 39.5 Å². The Hall–Kier alpha value is -0.730. The van der Waals surface area contributed by atoms with Gasteiger partial charge >= 0.3 is 6.09 Å². The van der Waals surface area contributed by atoms with E-state index in [1.807, 2.05) is 0 Å². The summed E-state index contributed by atoms with van der Waals surface area (Å²) in [6.45, 7) is 4.41. The van der Waals surface area contributed by atoms with Crippen LogP contribution in [0.15, 0.2) is 0 Å². The predicted octanol–water partition coefficient (Wildman–Crippen LogP) is 2.56. The lowest BCUT2D eigenvalue weighted by molar-refractivity contribution is 0.0214. The molecule has 14 heavy (non-hydrogen) atoms. The summed E-state index contributed by atoms with van der Waals surface area (Å²) in [6, 6.07) is 0. The molecule has 82 valence electrons. The van der Waals surface area contributed by atoms with Crippen LogP contribution in [0.4, 0.5) is 4.79 Å². The van der Waals surface area contributed by atoms with Gasteiger partial charge in [-0.3, -0.25) is 0 Å². The molecule has 1 fully saturated rings. The first-order valence-electron chi connectivity index (χ1n) is 5.53. The molecule has 1 aliphatic rings. The van der Waals surface area contributed by atoms with Crippen molar-refractivity contribution in [2.75, 3.05) is 7.05 Å². The van der Waals surface area contributed by atoms with Crippen molar-refractivity contribution < 1.29 is 9.53 Å². The van der Waals surface area contributed by atoms with Crippen molar-refractivity contribution >= 4 is 6.09 Å². The zero-order chi connectivity index (χ0) is 10.6. The molecule has 1 rings (SSSR count). The minimum atomic E-state index is -0.289. The van der Waals surface area contributed by atoms with E-state index in [1.165, 1.54) is 19.3 Å². The van der Waals surface area contributed by atoms with E-state index in [2.05, 4.69) is 19.2 Å². The highest BCUT2D eigenvalue weighted by Crippen LogP contribution is 2.32. The average molecular weight is 199 g/mol. The van der Waals surface area contributed by atoms with Crippen LogP contribution in [0.3, 0.4) is 0 Å². The number of rotatable bonds is 2. The van der Waals surface area contributed by atoms with Gasteiger partial charge in [-0.05, 0) is 31.1 Å². The van der Waals surface area contributed by atoms with Gasteiger partial charge < -0.3 is 10.1 Å². The Bertz CT molecular complexity index is 192. The summed E-state index contributed by atoms with van der Waals surface area (Å²) in [4.78, 5) is 11.1. The molecule has 0 unspecified atom stereocenters. The van der Waals surface area contributed by atoms with Gasteiger partial charge in [0.15, 0.2) is 0 Å². The molecule has 3 heteroatoms. The van der Waals surface area contributed by atoms with Crippen molar-refractivity contribution in [1.82, 2.24) is 5.32 Å². The van der Waals surface area contributed by atoms with Gasteiger partial charge in [0, 0.05) is 7.05 Å². The summed E-state index contributed by atoms with van der Waals surface area (Å²) in [6.07, 6.45) is 4.52. The summed E-state index contributed by atoms with van der Waals surface area (Å²) in [7, 11) is 1.61. The van der Waals surface area contributed by atoms with Gasteiger partial charge in [0.1, 0.15) is 6.10 Å². The number of hydrogen-bond acceptors (Lipinski definition) is 2. The fourth-order valence-electron chi connectivity index (χ4n) is 2.23. The van der Waals surface area contributed by atoms with E-state index in [-0.39, 0.29) is 12.2 Å². The van der Waals surface area contributed by atoms with Crippen molar-refractivity contribution in [2.24, 2.45) is 11.8 Å². The van der Waals surface area contributed by atoms with Gasteiger partial charge in [-0.2, -0.15) is 0 Å². The van der Waals surface area contributed by atoms with Crippen molar-refractivity contribution in [3.05, 3.63) is 0 Å². The summed E-state index contributed by atoms with van der Waals surface area (Å²) in [5.41, 5.74) is 0. The SMILES string of the molecule is CNC(=O)O[C@H]1CCCC[C@@H]1C(C)C. The Balaban J connectivity index is 2.49.